The molecular formula is C43H32NOP. The molecule has 1 aromatic heterocycles. The molecule has 8 aromatic rings. The van der Waals surface area contributed by atoms with Gasteiger partial charge in [-0.15, -0.1) is 0 Å². The van der Waals surface area contributed by atoms with Crippen molar-refractivity contribution in [2.24, 2.45) is 0 Å². The van der Waals surface area contributed by atoms with Crippen molar-refractivity contribution in [1.82, 2.24) is 4.57 Å². The van der Waals surface area contributed by atoms with Crippen LogP contribution >= 0.6 is 7.14 Å². The zero-order valence-corrected chi connectivity index (χ0v) is 26.7. The van der Waals surface area contributed by atoms with Gasteiger partial charge in [0.05, 0.1) is 11.0 Å². The predicted molar refractivity (Wildman–Crippen MR) is 195 cm³/mol. The van der Waals surface area contributed by atoms with E-state index in [-0.39, 0.29) is 5.41 Å². The monoisotopic (exact) mass is 609 g/mol. The minimum Gasteiger partial charge on any atom is -0.309 e. The molecule has 0 spiro atoms. The molecule has 0 bridgehead atoms. The van der Waals surface area contributed by atoms with Gasteiger partial charge in [-0.3, -0.25) is 0 Å². The fraction of sp³-hybridized carbons (Fsp3) is 0.0698. The molecule has 46 heavy (non-hydrogen) atoms. The fourth-order valence-electron chi connectivity index (χ4n) is 7.81. The van der Waals surface area contributed by atoms with Crippen LogP contribution in [-0.2, 0) is 9.98 Å². The van der Waals surface area contributed by atoms with E-state index in [1.165, 1.54) is 21.8 Å². The third kappa shape index (κ3) is 3.74. The number of hydrogen-bond donors (Lipinski definition) is 0. The normalized spacial score (nSPS) is 16.8. The lowest BCUT2D eigenvalue weighted by Crippen LogP contribution is -2.42. The molecule has 0 amide bonds. The molecule has 0 N–H and O–H groups in total. The smallest absolute Gasteiger partial charge is 0.172 e. The summed E-state index contributed by atoms with van der Waals surface area (Å²) in [4.78, 5) is 0. The van der Waals surface area contributed by atoms with Gasteiger partial charge in [-0.05, 0) is 69.4 Å². The van der Waals surface area contributed by atoms with Crippen molar-refractivity contribution in [3.05, 3.63) is 169 Å². The van der Waals surface area contributed by atoms with Gasteiger partial charge in [0, 0.05) is 37.8 Å². The molecule has 0 aliphatic carbocycles. The first-order valence-electron chi connectivity index (χ1n) is 15.9. The molecule has 0 radical (unpaired) electrons. The minimum absolute atomic E-state index is 0.328. The van der Waals surface area contributed by atoms with Crippen LogP contribution in [0.4, 0.5) is 0 Å². The molecule has 2 heterocycles. The van der Waals surface area contributed by atoms with Gasteiger partial charge in [0.1, 0.15) is 0 Å². The summed E-state index contributed by atoms with van der Waals surface area (Å²) >= 11 is 0. The van der Waals surface area contributed by atoms with Crippen molar-refractivity contribution in [2.75, 3.05) is 0 Å². The molecule has 0 saturated heterocycles. The van der Waals surface area contributed by atoms with Crippen LogP contribution in [0.15, 0.2) is 158 Å². The molecule has 3 heteroatoms. The fourth-order valence-corrected chi connectivity index (χ4v) is 11.4. The van der Waals surface area contributed by atoms with Gasteiger partial charge in [0.2, 0.25) is 0 Å². The molecule has 1 unspecified atom stereocenters. The lowest BCUT2D eigenvalue weighted by Gasteiger charge is -2.40. The Labute approximate surface area is 269 Å². The number of fused-ring (bicyclic) bond motifs is 6. The molecular weight excluding hydrogens is 577 g/mol. The molecule has 0 fully saturated rings. The van der Waals surface area contributed by atoms with Gasteiger partial charge >= 0.3 is 0 Å². The summed E-state index contributed by atoms with van der Waals surface area (Å²) in [5, 5.41) is 7.47. The zero-order valence-electron chi connectivity index (χ0n) is 25.8. The second-order valence-electron chi connectivity index (χ2n) is 12.9. The Morgan fingerprint density at radius 3 is 1.83 bits per heavy atom. The van der Waals surface area contributed by atoms with Crippen LogP contribution in [-0.4, -0.2) is 4.57 Å². The molecule has 7 aromatic carbocycles. The maximum absolute atomic E-state index is 15.9. The van der Waals surface area contributed by atoms with Crippen molar-refractivity contribution < 1.29 is 4.57 Å². The Balaban J connectivity index is 1.26. The highest BCUT2D eigenvalue weighted by Crippen LogP contribution is 2.54. The number of nitrogens with zero attached hydrogens (tertiary/aromatic N) is 1. The van der Waals surface area contributed by atoms with E-state index < -0.39 is 7.14 Å². The highest BCUT2D eigenvalue weighted by atomic mass is 31.2. The summed E-state index contributed by atoms with van der Waals surface area (Å²) in [6.07, 6.45) is 0. The molecule has 2 nitrogen and oxygen atoms in total. The van der Waals surface area contributed by atoms with Crippen LogP contribution in [0.25, 0.3) is 49.4 Å². The first-order chi connectivity index (χ1) is 22.5. The zero-order chi connectivity index (χ0) is 31.0. The van der Waals surface area contributed by atoms with E-state index in [1.807, 2.05) is 24.3 Å². The standard InChI is InChI=1S/C43H32NOP/c1-43(2)36-20-7-10-23-41(36)46(45,40-24-12-14-29-13-3-4-17-33(29)40)42-26-25-31(28-37(42)43)30-15-11-16-32(27-30)44-38-21-8-5-18-34(38)35-19-6-9-22-39(35)44/h3-28H,1-2H3. The average Bonchev–Trinajstić information content (AvgIpc) is 3.45. The van der Waals surface area contributed by atoms with E-state index in [0.29, 0.717) is 0 Å². The Morgan fingerprint density at radius 2 is 1.04 bits per heavy atom. The molecule has 1 aliphatic heterocycles. The van der Waals surface area contributed by atoms with Crippen molar-refractivity contribution >= 4 is 55.6 Å². The van der Waals surface area contributed by atoms with Gasteiger partial charge in [0.25, 0.3) is 0 Å². The lowest BCUT2D eigenvalue weighted by molar-refractivity contribution is 0.586. The van der Waals surface area contributed by atoms with E-state index in [4.69, 9.17) is 0 Å². The first-order valence-corrected chi connectivity index (χ1v) is 17.6. The molecule has 1 aliphatic rings. The SMILES string of the molecule is CC1(C)c2ccccc2P(=O)(c2cccc3ccccc23)c2ccc(-c3cccc(-n4c5ccccc5c5ccccc54)c3)cc21. The van der Waals surface area contributed by atoms with Crippen LogP contribution in [0.5, 0.6) is 0 Å². The van der Waals surface area contributed by atoms with Crippen LogP contribution in [0.2, 0.25) is 0 Å². The summed E-state index contributed by atoms with van der Waals surface area (Å²) in [6.45, 7) is 4.55. The van der Waals surface area contributed by atoms with Crippen LogP contribution in [0.3, 0.4) is 0 Å². The van der Waals surface area contributed by atoms with E-state index in [2.05, 4.69) is 152 Å². The highest BCUT2D eigenvalue weighted by Gasteiger charge is 2.45. The van der Waals surface area contributed by atoms with Gasteiger partial charge in [-0.25, -0.2) is 0 Å². The number of rotatable bonds is 3. The summed E-state index contributed by atoms with van der Waals surface area (Å²) in [7, 11) is -3.19. The Morgan fingerprint density at radius 1 is 0.478 bits per heavy atom. The van der Waals surface area contributed by atoms with Crippen LogP contribution in [0.1, 0.15) is 25.0 Å². The van der Waals surface area contributed by atoms with Crippen molar-refractivity contribution in [3.63, 3.8) is 0 Å². The number of hydrogen-bond acceptors (Lipinski definition) is 1. The van der Waals surface area contributed by atoms with Gasteiger partial charge in [-0.2, -0.15) is 0 Å². The maximum atomic E-state index is 15.9. The Kier molecular flexibility index (Phi) is 5.85. The average molecular weight is 610 g/mol. The number of aromatic nitrogens is 1. The maximum Gasteiger partial charge on any atom is 0.172 e. The lowest BCUT2D eigenvalue weighted by atomic mass is 9.77. The van der Waals surface area contributed by atoms with Crippen LogP contribution < -0.4 is 15.9 Å². The van der Waals surface area contributed by atoms with Gasteiger partial charge in [-0.1, -0.05) is 135 Å². The quantitative estimate of drug-likeness (QED) is 0.183. The number of benzene rings is 7. The summed E-state index contributed by atoms with van der Waals surface area (Å²) < 4.78 is 18.2. The summed E-state index contributed by atoms with van der Waals surface area (Å²) in [5.74, 6) is 0. The Hall–Kier alpha value is -5.17. The van der Waals surface area contributed by atoms with E-state index in [1.54, 1.807) is 0 Å². The summed E-state index contributed by atoms with van der Waals surface area (Å²) in [5.41, 5.74) is 7.70. The van der Waals surface area contributed by atoms with Gasteiger partial charge in [0.15, 0.2) is 7.14 Å². The topological polar surface area (TPSA) is 22.0 Å². The Bertz CT molecular complexity index is 2500. The minimum atomic E-state index is -3.19. The van der Waals surface area contributed by atoms with Crippen molar-refractivity contribution in [1.29, 1.82) is 0 Å². The van der Waals surface area contributed by atoms with Crippen molar-refractivity contribution in [3.8, 4) is 16.8 Å². The van der Waals surface area contributed by atoms with E-state index in [9.17, 15) is 0 Å². The van der Waals surface area contributed by atoms with E-state index in [0.717, 1.165) is 54.6 Å². The molecule has 0 saturated carbocycles. The number of para-hydroxylation sites is 2. The second kappa shape index (κ2) is 9.91. The molecule has 9 rings (SSSR count). The summed E-state index contributed by atoms with van der Waals surface area (Å²) in [6, 6.07) is 55.6. The largest absolute Gasteiger partial charge is 0.309 e. The third-order valence-corrected chi connectivity index (χ3v) is 13.3. The second-order valence-corrected chi connectivity index (χ2v) is 15.6. The van der Waals surface area contributed by atoms with Crippen molar-refractivity contribution in [2.45, 2.75) is 19.3 Å². The first kappa shape index (κ1) is 27.2. The highest BCUT2D eigenvalue weighted by molar-refractivity contribution is 7.86. The predicted octanol–water partition coefficient (Wildman–Crippen LogP) is 9.88. The third-order valence-electron chi connectivity index (χ3n) is 10.0. The van der Waals surface area contributed by atoms with E-state index >= 15 is 4.57 Å². The van der Waals surface area contributed by atoms with Crippen LogP contribution in [0, 0.1) is 0 Å². The molecule has 1 atom stereocenters. The van der Waals surface area contributed by atoms with Gasteiger partial charge < -0.3 is 9.13 Å². The molecule has 220 valence electrons.